The molecular formula is C25H40N2O4. The van der Waals surface area contributed by atoms with Gasteiger partial charge >= 0.3 is 5.97 Å². The fourth-order valence-corrected chi connectivity index (χ4v) is 3.77. The van der Waals surface area contributed by atoms with Crippen molar-refractivity contribution in [2.24, 2.45) is 11.3 Å². The first-order chi connectivity index (χ1) is 14.8. The number of amides is 1. The molecule has 1 fully saturated rings. The first-order valence-electron chi connectivity index (χ1n) is 11.7. The monoisotopic (exact) mass is 432 g/mol. The number of esters is 1. The molecule has 1 aromatic rings. The Balaban J connectivity index is 1.92. The van der Waals surface area contributed by atoms with E-state index in [0.29, 0.717) is 13.2 Å². The van der Waals surface area contributed by atoms with Gasteiger partial charge in [0, 0.05) is 6.54 Å². The standard InChI is InChI=1S/C25H40N2O4/c1-5-6-14-20(17-26-30-18-19-12-8-7-9-13-19)23(28)27-22(25(2,3)4)24(29)31-21-15-10-11-16-21/h7-9,12-13,20-22,26H,5-6,10-11,14-18H2,1-4H3,(H,27,28)/t20-,22-/m1/s1. The van der Waals surface area contributed by atoms with E-state index in [1.807, 2.05) is 51.1 Å². The van der Waals surface area contributed by atoms with E-state index in [2.05, 4.69) is 17.7 Å². The van der Waals surface area contributed by atoms with Gasteiger partial charge in [0.2, 0.25) is 5.91 Å². The van der Waals surface area contributed by atoms with Crippen molar-refractivity contribution in [3.63, 3.8) is 0 Å². The van der Waals surface area contributed by atoms with Crippen LogP contribution < -0.4 is 10.8 Å². The number of benzene rings is 1. The summed E-state index contributed by atoms with van der Waals surface area (Å²) in [6.45, 7) is 8.79. The summed E-state index contributed by atoms with van der Waals surface area (Å²) < 4.78 is 5.72. The van der Waals surface area contributed by atoms with Crippen molar-refractivity contribution in [3.05, 3.63) is 35.9 Å². The number of hydrogen-bond donors (Lipinski definition) is 2. The molecule has 6 nitrogen and oxygen atoms in total. The second kappa shape index (κ2) is 12.8. The third kappa shape index (κ3) is 8.99. The second-order valence-corrected chi connectivity index (χ2v) is 9.61. The van der Waals surface area contributed by atoms with Gasteiger partial charge in [0.1, 0.15) is 12.1 Å². The van der Waals surface area contributed by atoms with Gasteiger partial charge in [0.15, 0.2) is 0 Å². The van der Waals surface area contributed by atoms with E-state index in [9.17, 15) is 9.59 Å². The van der Waals surface area contributed by atoms with Crippen molar-refractivity contribution in [1.82, 2.24) is 10.8 Å². The number of hydrogen-bond acceptors (Lipinski definition) is 5. The topological polar surface area (TPSA) is 76.7 Å². The van der Waals surface area contributed by atoms with Crippen molar-refractivity contribution in [2.75, 3.05) is 6.54 Å². The lowest BCUT2D eigenvalue weighted by atomic mass is 9.86. The van der Waals surface area contributed by atoms with E-state index in [1.165, 1.54) is 0 Å². The number of ether oxygens (including phenoxy) is 1. The molecule has 6 heteroatoms. The summed E-state index contributed by atoms with van der Waals surface area (Å²) in [5, 5.41) is 2.99. The van der Waals surface area contributed by atoms with Gasteiger partial charge in [-0.2, -0.15) is 0 Å². The fourth-order valence-electron chi connectivity index (χ4n) is 3.77. The molecule has 174 valence electrons. The van der Waals surface area contributed by atoms with Crippen LogP contribution >= 0.6 is 0 Å². The highest BCUT2D eigenvalue weighted by molar-refractivity contribution is 5.86. The van der Waals surface area contributed by atoms with Crippen molar-refractivity contribution < 1.29 is 19.2 Å². The average Bonchev–Trinajstić information content (AvgIpc) is 3.24. The van der Waals surface area contributed by atoms with Gasteiger partial charge in [-0.05, 0) is 43.1 Å². The summed E-state index contributed by atoms with van der Waals surface area (Å²) in [6.07, 6.45) is 6.68. The molecule has 0 bridgehead atoms. The molecule has 1 aliphatic rings. The van der Waals surface area contributed by atoms with E-state index in [-0.39, 0.29) is 23.9 Å². The van der Waals surface area contributed by atoms with Crippen molar-refractivity contribution in [3.8, 4) is 0 Å². The number of hydroxylamine groups is 1. The molecule has 1 aliphatic carbocycles. The molecule has 2 atom stereocenters. The van der Waals surface area contributed by atoms with E-state index in [1.54, 1.807) is 0 Å². The first-order valence-corrected chi connectivity index (χ1v) is 11.7. The van der Waals surface area contributed by atoms with Crippen LogP contribution in [0.2, 0.25) is 0 Å². The maximum atomic E-state index is 13.1. The Hall–Kier alpha value is -1.92. The van der Waals surface area contributed by atoms with Crippen LogP contribution in [0.15, 0.2) is 30.3 Å². The zero-order chi connectivity index (χ0) is 22.7. The Morgan fingerprint density at radius 1 is 1.13 bits per heavy atom. The summed E-state index contributed by atoms with van der Waals surface area (Å²) in [7, 11) is 0. The van der Waals surface area contributed by atoms with Crippen LogP contribution in [0.3, 0.4) is 0 Å². The van der Waals surface area contributed by atoms with Crippen LogP contribution in [0.4, 0.5) is 0 Å². The second-order valence-electron chi connectivity index (χ2n) is 9.61. The average molecular weight is 433 g/mol. The molecule has 1 saturated carbocycles. The first kappa shape index (κ1) is 25.3. The molecule has 2 rings (SSSR count). The lowest BCUT2D eigenvalue weighted by molar-refractivity contribution is -0.156. The molecule has 0 heterocycles. The van der Waals surface area contributed by atoms with Gasteiger partial charge in [0.05, 0.1) is 12.5 Å². The number of carbonyl (C=O) groups is 2. The normalized spacial score (nSPS) is 16.6. The minimum Gasteiger partial charge on any atom is -0.461 e. The Morgan fingerprint density at radius 2 is 1.81 bits per heavy atom. The van der Waals surface area contributed by atoms with Crippen LogP contribution in [0.5, 0.6) is 0 Å². The van der Waals surface area contributed by atoms with E-state index in [0.717, 1.165) is 50.5 Å². The Labute approximate surface area is 187 Å². The third-order valence-corrected chi connectivity index (χ3v) is 5.76. The number of unbranched alkanes of at least 4 members (excludes halogenated alkanes) is 1. The molecule has 0 unspecified atom stereocenters. The fraction of sp³-hybridized carbons (Fsp3) is 0.680. The Morgan fingerprint density at radius 3 is 2.42 bits per heavy atom. The maximum absolute atomic E-state index is 13.1. The molecule has 1 aromatic carbocycles. The SMILES string of the molecule is CCCC[C@H](CNOCc1ccccc1)C(=O)N[C@H](C(=O)OC1CCCC1)C(C)(C)C. The highest BCUT2D eigenvalue weighted by Gasteiger charge is 2.37. The number of rotatable bonds is 12. The lowest BCUT2D eigenvalue weighted by Gasteiger charge is -2.32. The quantitative estimate of drug-likeness (QED) is 0.288. The Bertz CT molecular complexity index is 666. The molecule has 2 N–H and O–H groups in total. The Kier molecular flexibility index (Phi) is 10.5. The lowest BCUT2D eigenvalue weighted by Crippen LogP contribution is -2.53. The molecule has 1 amide bonds. The molecule has 0 aromatic heterocycles. The maximum Gasteiger partial charge on any atom is 0.329 e. The predicted molar refractivity (Wildman–Crippen MR) is 122 cm³/mol. The van der Waals surface area contributed by atoms with E-state index in [4.69, 9.17) is 9.57 Å². The molecule has 0 radical (unpaired) electrons. The third-order valence-electron chi connectivity index (χ3n) is 5.76. The van der Waals surface area contributed by atoms with Gasteiger partial charge in [-0.1, -0.05) is 70.9 Å². The van der Waals surface area contributed by atoms with Crippen LogP contribution in [-0.2, 0) is 25.8 Å². The predicted octanol–water partition coefficient (Wildman–Crippen LogP) is 4.53. The van der Waals surface area contributed by atoms with Gasteiger partial charge in [-0.15, -0.1) is 0 Å². The number of nitrogens with one attached hydrogen (secondary N) is 2. The van der Waals surface area contributed by atoms with E-state index < -0.39 is 11.5 Å². The van der Waals surface area contributed by atoms with Gasteiger partial charge in [-0.3, -0.25) is 9.63 Å². The van der Waals surface area contributed by atoms with Crippen LogP contribution in [0.25, 0.3) is 0 Å². The van der Waals surface area contributed by atoms with Crippen molar-refractivity contribution >= 4 is 11.9 Å². The van der Waals surface area contributed by atoms with Gasteiger partial charge in [0.25, 0.3) is 0 Å². The highest BCUT2D eigenvalue weighted by atomic mass is 16.6. The largest absolute Gasteiger partial charge is 0.461 e. The summed E-state index contributed by atoms with van der Waals surface area (Å²) in [5.41, 5.74) is 3.58. The van der Waals surface area contributed by atoms with E-state index >= 15 is 0 Å². The van der Waals surface area contributed by atoms with Crippen molar-refractivity contribution in [1.29, 1.82) is 0 Å². The minimum absolute atomic E-state index is 0.0156. The van der Waals surface area contributed by atoms with Crippen LogP contribution in [0.1, 0.15) is 78.2 Å². The van der Waals surface area contributed by atoms with Crippen LogP contribution in [0, 0.1) is 11.3 Å². The molecule has 0 spiro atoms. The minimum atomic E-state index is -0.671. The van der Waals surface area contributed by atoms with Gasteiger partial charge < -0.3 is 10.1 Å². The summed E-state index contributed by atoms with van der Waals surface area (Å²) in [5.74, 6) is -0.734. The summed E-state index contributed by atoms with van der Waals surface area (Å²) in [6, 6.07) is 9.21. The zero-order valence-electron chi connectivity index (χ0n) is 19.6. The molecule has 0 saturated heterocycles. The summed E-state index contributed by atoms with van der Waals surface area (Å²) >= 11 is 0. The molecular weight excluding hydrogens is 392 g/mol. The highest BCUT2D eigenvalue weighted by Crippen LogP contribution is 2.26. The zero-order valence-corrected chi connectivity index (χ0v) is 19.6. The molecule has 31 heavy (non-hydrogen) atoms. The molecule has 0 aliphatic heterocycles. The van der Waals surface area contributed by atoms with Crippen LogP contribution in [-0.4, -0.2) is 30.6 Å². The van der Waals surface area contributed by atoms with Gasteiger partial charge in [-0.25, -0.2) is 10.3 Å². The summed E-state index contributed by atoms with van der Waals surface area (Å²) in [4.78, 5) is 31.5. The smallest absolute Gasteiger partial charge is 0.329 e. The number of carbonyl (C=O) groups excluding carboxylic acids is 2. The van der Waals surface area contributed by atoms with Crippen molar-refractivity contribution in [2.45, 2.75) is 91.4 Å².